The highest BCUT2D eigenvalue weighted by Crippen LogP contribution is 2.24. The van der Waals surface area contributed by atoms with E-state index >= 15 is 0 Å². The topological polar surface area (TPSA) is 67.9 Å². The summed E-state index contributed by atoms with van der Waals surface area (Å²) in [5.41, 5.74) is 6.55. The molecule has 0 bridgehead atoms. The highest BCUT2D eigenvalue weighted by Gasteiger charge is 2.19. The van der Waals surface area contributed by atoms with Crippen LogP contribution in [-0.4, -0.2) is 34.2 Å². The van der Waals surface area contributed by atoms with Crippen LogP contribution in [0.25, 0.3) is 10.9 Å². The standard InChI is InChI=1S/C12H14FN5/c13-8-1-3-18(4-2-8)11-5-9-10(6-15-11)16-7-17-12(9)14/h5-8H,1-4H2,(H2,14,16,17). The summed E-state index contributed by atoms with van der Waals surface area (Å²) in [6, 6.07) is 1.88. The van der Waals surface area contributed by atoms with Gasteiger partial charge in [0.25, 0.3) is 0 Å². The third kappa shape index (κ3) is 1.94. The third-order valence-electron chi connectivity index (χ3n) is 3.29. The number of piperidine rings is 1. The van der Waals surface area contributed by atoms with Gasteiger partial charge in [0.1, 0.15) is 24.1 Å². The van der Waals surface area contributed by atoms with Gasteiger partial charge < -0.3 is 10.6 Å². The number of aromatic nitrogens is 3. The van der Waals surface area contributed by atoms with Crippen LogP contribution in [-0.2, 0) is 0 Å². The summed E-state index contributed by atoms with van der Waals surface area (Å²) in [4.78, 5) is 14.5. The first-order valence-corrected chi connectivity index (χ1v) is 5.99. The molecule has 0 aliphatic carbocycles. The predicted molar refractivity (Wildman–Crippen MR) is 68.1 cm³/mol. The molecule has 1 aliphatic heterocycles. The van der Waals surface area contributed by atoms with E-state index in [1.165, 1.54) is 6.33 Å². The fourth-order valence-corrected chi connectivity index (χ4v) is 2.22. The van der Waals surface area contributed by atoms with Crippen LogP contribution in [0, 0.1) is 0 Å². The van der Waals surface area contributed by atoms with Crippen LogP contribution in [0.4, 0.5) is 16.0 Å². The Morgan fingerprint density at radius 3 is 2.78 bits per heavy atom. The molecule has 1 saturated heterocycles. The van der Waals surface area contributed by atoms with E-state index in [1.54, 1.807) is 6.20 Å². The van der Waals surface area contributed by atoms with Crippen molar-refractivity contribution in [2.75, 3.05) is 23.7 Å². The molecule has 3 rings (SSSR count). The zero-order valence-corrected chi connectivity index (χ0v) is 9.88. The third-order valence-corrected chi connectivity index (χ3v) is 3.29. The molecule has 0 aromatic carbocycles. The van der Waals surface area contributed by atoms with E-state index in [1.807, 2.05) is 6.07 Å². The first-order valence-electron chi connectivity index (χ1n) is 5.99. The summed E-state index contributed by atoms with van der Waals surface area (Å²) < 4.78 is 13.1. The van der Waals surface area contributed by atoms with E-state index in [-0.39, 0.29) is 0 Å². The number of pyridine rings is 1. The van der Waals surface area contributed by atoms with Crippen LogP contribution in [0.1, 0.15) is 12.8 Å². The normalized spacial score (nSPS) is 17.3. The van der Waals surface area contributed by atoms with E-state index in [0.717, 1.165) is 16.7 Å². The number of rotatable bonds is 1. The average Bonchev–Trinajstić information content (AvgIpc) is 2.40. The van der Waals surface area contributed by atoms with E-state index in [9.17, 15) is 4.39 Å². The smallest absolute Gasteiger partial charge is 0.134 e. The fraction of sp³-hybridized carbons (Fsp3) is 0.417. The van der Waals surface area contributed by atoms with Crippen LogP contribution >= 0.6 is 0 Å². The van der Waals surface area contributed by atoms with Gasteiger partial charge in [-0.2, -0.15) is 0 Å². The minimum atomic E-state index is -0.685. The van der Waals surface area contributed by atoms with Crippen molar-refractivity contribution in [3.05, 3.63) is 18.6 Å². The molecular weight excluding hydrogens is 233 g/mol. The number of hydrogen-bond acceptors (Lipinski definition) is 5. The first kappa shape index (κ1) is 11.1. The summed E-state index contributed by atoms with van der Waals surface area (Å²) in [6.45, 7) is 1.38. The Labute approximate surface area is 104 Å². The van der Waals surface area contributed by atoms with Crippen LogP contribution in [0.3, 0.4) is 0 Å². The van der Waals surface area contributed by atoms with E-state index in [0.29, 0.717) is 31.7 Å². The number of nitrogen functional groups attached to an aromatic ring is 1. The fourth-order valence-electron chi connectivity index (χ4n) is 2.22. The predicted octanol–water partition coefficient (Wildman–Crippen LogP) is 1.55. The second-order valence-electron chi connectivity index (χ2n) is 4.48. The van der Waals surface area contributed by atoms with Gasteiger partial charge in [-0.3, -0.25) is 0 Å². The zero-order valence-electron chi connectivity index (χ0n) is 9.88. The van der Waals surface area contributed by atoms with Gasteiger partial charge in [0, 0.05) is 18.5 Å². The molecule has 18 heavy (non-hydrogen) atoms. The van der Waals surface area contributed by atoms with E-state index in [4.69, 9.17) is 5.73 Å². The summed E-state index contributed by atoms with van der Waals surface area (Å²) in [5.74, 6) is 1.26. The van der Waals surface area contributed by atoms with Crippen molar-refractivity contribution in [1.29, 1.82) is 0 Å². The number of halogens is 1. The minimum absolute atomic E-state index is 0.448. The number of nitrogens with two attached hydrogens (primary N) is 1. The molecule has 2 aromatic rings. The van der Waals surface area contributed by atoms with E-state index in [2.05, 4.69) is 19.9 Å². The van der Waals surface area contributed by atoms with Crippen molar-refractivity contribution in [1.82, 2.24) is 15.0 Å². The van der Waals surface area contributed by atoms with Crippen LogP contribution in [0.2, 0.25) is 0 Å². The van der Waals surface area contributed by atoms with Gasteiger partial charge in [0.2, 0.25) is 0 Å². The summed E-state index contributed by atoms with van der Waals surface area (Å²) in [6.07, 6.45) is 3.54. The lowest BCUT2D eigenvalue weighted by Gasteiger charge is -2.29. The van der Waals surface area contributed by atoms with Gasteiger partial charge in [-0.1, -0.05) is 0 Å². The maximum atomic E-state index is 13.1. The van der Waals surface area contributed by atoms with Crippen LogP contribution in [0.5, 0.6) is 0 Å². The SMILES string of the molecule is Nc1ncnc2cnc(N3CCC(F)CC3)cc12. The largest absolute Gasteiger partial charge is 0.383 e. The highest BCUT2D eigenvalue weighted by molar-refractivity contribution is 5.89. The molecule has 1 aliphatic rings. The van der Waals surface area contributed by atoms with Crippen molar-refractivity contribution in [3.8, 4) is 0 Å². The lowest BCUT2D eigenvalue weighted by molar-refractivity contribution is 0.277. The Balaban J connectivity index is 1.95. The summed E-state index contributed by atoms with van der Waals surface area (Å²) >= 11 is 0. The molecule has 1 fully saturated rings. The van der Waals surface area contributed by atoms with Gasteiger partial charge in [-0.15, -0.1) is 0 Å². The second kappa shape index (κ2) is 4.36. The zero-order chi connectivity index (χ0) is 12.5. The molecular formula is C12H14FN5. The van der Waals surface area contributed by atoms with Crippen molar-refractivity contribution in [2.24, 2.45) is 0 Å². The molecule has 2 N–H and O–H groups in total. The lowest BCUT2D eigenvalue weighted by atomic mass is 10.1. The molecule has 2 aromatic heterocycles. The van der Waals surface area contributed by atoms with Gasteiger partial charge in [-0.25, -0.2) is 19.3 Å². The van der Waals surface area contributed by atoms with E-state index < -0.39 is 6.17 Å². The Kier molecular flexibility index (Phi) is 2.70. The summed E-state index contributed by atoms with van der Waals surface area (Å²) in [5, 5.41) is 0.796. The lowest BCUT2D eigenvalue weighted by Crippen LogP contribution is -2.34. The molecule has 6 heteroatoms. The molecule has 0 amide bonds. The average molecular weight is 247 g/mol. The highest BCUT2D eigenvalue weighted by atomic mass is 19.1. The summed E-state index contributed by atoms with van der Waals surface area (Å²) in [7, 11) is 0. The van der Waals surface area contributed by atoms with Crippen LogP contribution in [0.15, 0.2) is 18.6 Å². The van der Waals surface area contributed by atoms with Crippen molar-refractivity contribution in [2.45, 2.75) is 19.0 Å². The second-order valence-corrected chi connectivity index (χ2v) is 4.48. The Bertz CT molecular complexity index is 565. The Morgan fingerprint density at radius 2 is 2.00 bits per heavy atom. The van der Waals surface area contributed by atoms with Gasteiger partial charge in [-0.05, 0) is 18.9 Å². The van der Waals surface area contributed by atoms with Gasteiger partial charge in [0.15, 0.2) is 0 Å². The minimum Gasteiger partial charge on any atom is -0.383 e. The Morgan fingerprint density at radius 1 is 1.22 bits per heavy atom. The van der Waals surface area contributed by atoms with Crippen molar-refractivity contribution in [3.63, 3.8) is 0 Å². The molecule has 0 unspecified atom stereocenters. The number of anilines is 2. The maximum Gasteiger partial charge on any atom is 0.134 e. The molecule has 94 valence electrons. The molecule has 0 saturated carbocycles. The quantitative estimate of drug-likeness (QED) is 0.828. The molecule has 0 spiro atoms. The molecule has 0 atom stereocenters. The van der Waals surface area contributed by atoms with Crippen molar-refractivity contribution < 1.29 is 4.39 Å². The Hall–Kier alpha value is -1.98. The number of fused-ring (bicyclic) bond motifs is 1. The first-order chi connectivity index (χ1) is 8.74. The molecule has 5 nitrogen and oxygen atoms in total. The van der Waals surface area contributed by atoms with Gasteiger partial charge in [0.05, 0.1) is 11.7 Å². The van der Waals surface area contributed by atoms with Gasteiger partial charge >= 0.3 is 0 Å². The molecule has 3 heterocycles. The molecule has 0 radical (unpaired) electrons. The maximum absolute atomic E-state index is 13.1. The number of nitrogens with zero attached hydrogens (tertiary/aromatic N) is 4. The number of hydrogen-bond donors (Lipinski definition) is 1. The van der Waals surface area contributed by atoms with Crippen molar-refractivity contribution >= 4 is 22.5 Å². The monoisotopic (exact) mass is 247 g/mol. The van der Waals surface area contributed by atoms with Crippen LogP contribution < -0.4 is 10.6 Å². The number of alkyl halides is 1.